The molecule has 0 radical (unpaired) electrons. The lowest BCUT2D eigenvalue weighted by molar-refractivity contribution is 0.670. The highest BCUT2D eigenvalue weighted by Crippen LogP contribution is 2.44. The molecular weight excluding hydrogens is 837 g/mol. The van der Waals surface area contributed by atoms with Crippen LogP contribution in [-0.2, 0) is 0 Å². The zero-order valence-electron chi connectivity index (χ0n) is 37.7. The van der Waals surface area contributed by atoms with Gasteiger partial charge in [-0.15, -0.1) is 0 Å². The minimum Gasteiger partial charge on any atom is -0.455 e. The number of benzene rings is 11. The molecule has 2 aromatic heterocycles. The fourth-order valence-corrected chi connectivity index (χ4v) is 10.3. The van der Waals surface area contributed by atoms with Gasteiger partial charge in [0.1, 0.15) is 11.2 Å². The summed E-state index contributed by atoms with van der Waals surface area (Å²) in [5.41, 5.74) is 20.0. The molecule has 0 bridgehead atoms. The van der Waals surface area contributed by atoms with Crippen molar-refractivity contribution in [1.29, 1.82) is 0 Å². The van der Waals surface area contributed by atoms with Crippen molar-refractivity contribution in [2.45, 2.75) is 0 Å². The third kappa shape index (κ3) is 7.16. The molecule has 0 spiro atoms. The molecule has 0 fully saturated rings. The molecule has 0 amide bonds. The summed E-state index contributed by atoms with van der Waals surface area (Å²) < 4.78 is 9.13. The lowest BCUT2D eigenvalue weighted by Crippen LogP contribution is -2.11. The van der Waals surface area contributed by atoms with Gasteiger partial charge >= 0.3 is 0 Å². The van der Waals surface area contributed by atoms with Crippen LogP contribution >= 0.6 is 0 Å². The van der Waals surface area contributed by atoms with Gasteiger partial charge in [0.15, 0.2) is 0 Å². The van der Waals surface area contributed by atoms with Gasteiger partial charge in [-0.25, -0.2) is 0 Å². The Morgan fingerprint density at radius 3 is 1.41 bits per heavy atom. The standard InChI is InChI=1S/C66H44N2O/c1-3-15-45(16-4-1)47-33-38-53(39-34-47)67(62-26-10-7-21-56(62)52-37-42-60-61-25-14-24-57(50-17-5-2-6-18-50)66(61)69-65(60)44-52)54-40-35-48(36-41-54)46-29-31-49(32-30-46)51-19-13-20-55(43-51)68-63-27-11-8-22-58(63)59-23-9-12-28-64(59)68/h1-44H. The van der Waals surface area contributed by atoms with E-state index < -0.39 is 0 Å². The van der Waals surface area contributed by atoms with Crippen LogP contribution in [0.4, 0.5) is 17.1 Å². The minimum atomic E-state index is 0.866. The Balaban J connectivity index is 0.854. The number of nitrogens with zero attached hydrogens (tertiary/aromatic N) is 2. The maximum Gasteiger partial charge on any atom is 0.143 e. The number of anilines is 3. The summed E-state index contributed by atoms with van der Waals surface area (Å²) in [5, 5.41) is 4.75. The predicted molar refractivity (Wildman–Crippen MR) is 290 cm³/mol. The second-order valence-electron chi connectivity index (χ2n) is 17.7. The van der Waals surface area contributed by atoms with E-state index in [-0.39, 0.29) is 0 Å². The maximum absolute atomic E-state index is 6.75. The van der Waals surface area contributed by atoms with Crippen molar-refractivity contribution in [3.8, 4) is 61.3 Å². The van der Waals surface area contributed by atoms with Crippen molar-refractivity contribution in [1.82, 2.24) is 4.57 Å². The zero-order valence-corrected chi connectivity index (χ0v) is 37.7. The molecule has 0 aliphatic carbocycles. The fourth-order valence-electron chi connectivity index (χ4n) is 10.3. The van der Waals surface area contributed by atoms with Gasteiger partial charge in [-0.2, -0.15) is 0 Å². The van der Waals surface area contributed by atoms with Gasteiger partial charge < -0.3 is 13.9 Å². The first-order chi connectivity index (χ1) is 34.2. The first-order valence-corrected chi connectivity index (χ1v) is 23.6. The van der Waals surface area contributed by atoms with E-state index in [1.54, 1.807) is 0 Å². The molecule has 0 unspecified atom stereocenters. The summed E-state index contributed by atoms with van der Waals surface area (Å²) in [7, 11) is 0. The summed E-state index contributed by atoms with van der Waals surface area (Å²) in [4.78, 5) is 2.37. The van der Waals surface area contributed by atoms with Gasteiger partial charge in [0.2, 0.25) is 0 Å². The average Bonchev–Trinajstić information content (AvgIpc) is 3.98. The summed E-state index contributed by atoms with van der Waals surface area (Å²) in [5.74, 6) is 0. The molecule has 2 heterocycles. The van der Waals surface area contributed by atoms with E-state index in [1.807, 2.05) is 0 Å². The molecule has 13 aromatic rings. The number of para-hydroxylation sites is 4. The summed E-state index contributed by atoms with van der Waals surface area (Å²) in [6, 6.07) is 95.9. The van der Waals surface area contributed by atoms with Crippen LogP contribution in [0.1, 0.15) is 0 Å². The molecule has 0 N–H and O–H groups in total. The molecule has 3 heteroatoms. The molecule has 0 aliphatic rings. The van der Waals surface area contributed by atoms with Crippen LogP contribution in [0.3, 0.4) is 0 Å². The topological polar surface area (TPSA) is 21.3 Å². The Bertz CT molecular complexity index is 3930. The summed E-state index contributed by atoms with van der Waals surface area (Å²) >= 11 is 0. The van der Waals surface area contributed by atoms with Crippen molar-refractivity contribution in [2.75, 3.05) is 4.90 Å². The molecule has 0 saturated carbocycles. The molecular formula is C66H44N2O. The number of fused-ring (bicyclic) bond motifs is 6. The molecule has 69 heavy (non-hydrogen) atoms. The highest BCUT2D eigenvalue weighted by atomic mass is 16.3. The molecule has 13 rings (SSSR count). The van der Waals surface area contributed by atoms with Crippen LogP contribution in [-0.4, -0.2) is 4.57 Å². The quantitative estimate of drug-likeness (QED) is 0.144. The number of aromatic nitrogens is 1. The second-order valence-corrected chi connectivity index (χ2v) is 17.7. The van der Waals surface area contributed by atoms with Crippen molar-refractivity contribution < 1.29 is 4.42 Å². The van der Waals surface area contributed by atoms with Gasteiger partial charge in [-0.05, 0) is 111 Å². The van der Waals surface area contributed by atoms with E-state index in [0.717, 1.165) is 78.1 Å². The smallest absolute Gasteiger partial charge is 0.143 e. The Kier molecular flexibility index (Phi) is 9.84. The van der Waals surface area contributed by atoms with Crippen LogP contribution in [0.2, 0.25) is 0 Å². The van der Waals surface area contributed by atoms with Gasteiger partial charge in [0.25, 0.3) is 0 Å². The van der Waals surface area contributed by atoms with E-state index in [4.69, 9.17) is 4.42 Å². The molecule has 11 aromatic carbocycles. The van der Waals surface area contributed by atoms with Crippen molar-refractivity contribution in [3.63, 3.8) is 0 Å². The molecule has 324 valence electrons. The number of furan rings is 1. The molecule has 0 atom stereocenters. The summed E-state index contributed by atoms with van der Waals surface area (Å²) in [6.45, 7) is 0. The normalized spacial score (nSPS) is 11.5. The van der Waals surface area contributed by atoms with Gasteiger partial charge in [0, 0.05) is 49.7 Å². The second kappa shape index (κ2) is 16.9. The average molecular weight is 881 g/mol. The predicted octanol–water partition coefficient (Wildman–Crippen LogP) is 18.5. The van der Waals surface area contributed by atoms with Crippen LogP contribution in [0.25, 0.3) is 105 Å². The lowest BCUT2D eigenvalue weighted by atomic mass is 9.98. The van der Waals surface area contributed by atoms with E-state index in [0.29, 0.717) is 0 Å². The van der Waals surface area contributed by atoms with Crippen LogP contribution in [0, 0.1) is 0 Å². The summed E-state index contributed by atoms with van der Waals surface area (Å²) in [6.07, 6.45) is 0. The monoisotopic (exact) mass is 880 g/mol. The van der Waals surface area contributed by atoms with E-state index in [1.165, 1.54) is 44.1 Å². The first-order valence-electron chi connectivity index (χ1n) is 23.6. The Hall–Kier alpha value is -9.18. The van der Waals surface area contributed by atoms with Crippen molar-refractivity contribution >= 4 is 60.8 Å². The number of rotatable bonds is 9. The molecule has 0 saturated heterocycles. The molecule has 3 nitrogen and oxygen atoms in total. The van der Waals surface area contributed by atoms with Gasteiger partial charge in [-0.3, -0.25) is 0 Å². The van der Waals surface area contributed by atoms with E-state index in [9.17, 15) is 0 Å². The highest BCUT2D eigenvalue weighted by molar-refractivity contribution is 6.11. The van der Waals surface area contributed by atoms with Crippen LogP contribution < -0.4 is 4.90 Å². The first kappa shape index (κ1) is 40.1. The SMILES string of the molecule is c1ccc(-c2ccc(N(c3ccc(-c4ccc(-c5cccc(-n6c7ccccc7c7ccccc76)c5)cc4)cc3)c3ccccc3-c3ccc4c(c3)oc3c(-c5ccccc5)cccc34)cc2)cc1. The lowest BCUT2D eigenvalue weighted by Gasteiger charge is -2.28. The fraction of sp³-hybridized carbons (Fsp3) is 0. The Labute approximate surface area is 401 Å². The van der Waals surface area contributed by atoms with Crippen molar-refractivity contribution in [2.24, 2.45) is 0 Å². The van der Waals surface area contributed by atoms with Gasteiger partial charge in [-0.1, -0.05) is 200 Å². The van der Waals surface area contributed by atoms with Crippen molar-refractivity contribution in [3.05, 3.63) is 267 Å². The third-order valence-corrected chi connectivity index (χ3v) is 13.6. The van der Waals surface area contributed by atoms with E-state index >= 15 is 0 Å². The van der Waals surface area contributed by atoms with E-state index in [2.05, 4.69) is 276 Å². The number of hydrogen-bond donors (Lipinski definition) is 0. The molecule has 0 aliphatic heterocycles. The van der Waals surface area contributed by atoms with Crippen LogP contribution in [0.5, 0.6) is 0 Å². The zero-order chi connectivity index (χ0) is 45.7. The minimum absolute atomic E-state index is 0.866. The highest BCUT2D eigenvalue weighted by Gasteiger charge is 2.20. The Morgan fingerprint density at radius 2 is 0.754 bits per heavy atom. The largest absolute Gasteiger partial charge is 0.455 e. The third-order valence-electron chi connectivity index (χ3n) is 13.6. The maximum atomic E-state index is 6.75. The number of hydrogen-bond acceptors (Lipinski definition) is 2. The van der Waals surface area contributed by atoms with Gasteiger partial charge in [0.05, 0.1) is 16.7 Å². The Morgan fingerprint density at radius 1 is 0.290 bits per heavy atom. The van der Waals surface area contributed by atoms with Crippen LogP contribution in [0.15, 0.2) is 271 Å².